The number of halogens is 1. The van der Waals surface area contributed by atoms with Crippen molar-refractivity contribution in [3.05, 3.63) is 66.1 Å². The minimum Gasteiger partial charge on any atom is -0.450 e. The number of carbonyl (C=O) groups is 2. The molecule has 3 aromatic rings. The van der Waals surface area contributed by atoms with Crippen molar-refractivity contribution in [1.82, 2.24) is 10.3 Å². The SMILES string of the molecule is CCOC(=O)N[C@H](Cc1c[nH]c2ccccc12)C(=O)Nc1ccccc1F. The van der Waals surface area contributed by atoms with Crippen LogP contribution in [0.15, 0.2) is 54.7 Å². The summed E-state index contributed by atoms with van der Waals surface area (Å²) >= 11 is 0. The van der Waals surface area contributed by atoms with Crippen LogP contribution in [-0.2, 0) is 16.0 Å². The van der Waals surface area contributed by atoms with Gasteiger partial charge in [-0.3, -0.25) is 4.79 Å². The van der Waals surface area contributed by atoms with Crippen LogP contribution in [0.3, 0.4) is 0 Å². The number of aromatic nitrogens is 1. The van der Waals surface area contributed by atoms with E-state index in [0.29, 0.717) is 0 Å². The molecule has 6 nitrogen and oxygen atoms in total. The molecular weight excluding hydrogens is 349 g/mol. The standard InChI is InChI=1S/C20H20FN3O3/c1-2-27-20(26)24-18(19(25)23-17-10-6-4-8-15(17)21)11-13-12-22-16-9-5-3-7-14(13)16/h3-10,12,18,22H,2,11H2,1H3,(H,23,25)(H,24,26)/t18-/m1/s1. The summed E-state index contributed by atoms with van der Waals surface area (Å²) in [6.07, 6.45) is 1.32. The molecule has 27 heavy (non-hydrogen) atoms. The van der Waals surface area contributed by atoms with E-state index in [4.69, 9.17) is 4.74 Å². The lowest BCUT2D eigenvalue weighted by Gasteiger charge is -2.18. The Bertz CT molecular complexity index is 954. The highest BCUT2D eigenvalue weighted by molar-refractivity contribution is 5.97. The number of hydrogen-bond acceptors (Lipinski definition) is 3. The summed E-state index contributed by atoms with van der Waals surface area (Å²) < 4.78 is 18.7. The first-order valence-corrected chi connectivity index (χ1v) is 8.62. The molecule has 0 bridgehead atoms. The van der Waals surface area contributed by atoms with Crippen molar-refractivity contribution in [3.8, 4) is 0 Å². The first kappa shape index (κ1) is 18.4. The number of benzene rings is 2. The number of nitrogens with one attached hydrogen (secondary N) is 3. The topological polar surface area (TPSA) is 83.2 Å². The molecule has 2 amide bonds. The Morgan fingerprint density at radius 1 is 1.15 bits per heavy atom. The molecule has 2 aromatic carbocycles. The van der Waals surface area contributed by atoms with Crippen molar-refractivity contribution in [2.45, 2.75) is 19.4 Å². The molecule has 1 atom stereocenters. The van der Waals surface area contributed by atoms with Crippen LogP contribution < -0.4 is 10.6 Å². The smallest absolute Gasteiger partial charge is 0.407 e. The van der Waals surface area contributed by atoms with E-state index >= 15 is 0 Å². The Morgan fingerprint density at radius 3 is 2.67 bits per heavy atom. The number of rotatable bonds is 6. The molecule has 0 aliphatic carbocycles. The maximum atomic E-state index is 13.9. The fraction of sp³-hybridized carbons (Fsp3) is 0.200. The minimum atomic E-state index is -0.928. The average molecular weight is 369 g/mol. The molecule has 0 radical (unpaired) electrons. The van der Waals surface area contributed by atoms with E-state index in [1.165, 1.54) is 18.2 Å². The van der Waals surface area contributed by atoms with Gasteiger partial charge in [-0.1, -0.05) is 30.3 Å². The molecular formula is C20H20FN3O3. The molecule has 0 unspecified atom stereocenters. The normalized spacial score (nSPS) is 11.8. The van der Waals surface area contributed by atoms with Crippen LogP contribution in [0.25, 0.3) is 10.9 Å². The van der Waals surface area contributed by atoms with E-state index in [1.807, 2.05) is 24.3 Å². The summed E-state index contributed by atoms with van der Waals surface area (Å²) in [5.41, 5.74) is 1.84. The number of amides is 2. The maximum absolute atomic E-state index is 13.9. The maximum Gasteiger partial charge on any atom is 0.407 e. The average Bonchev–Trinajstić information content (AvgIpc) is 3.06. The van der Waals surface area contributed by atoms with E-state index in [0.717, 1.165) is 16.5 Å². The molecule has 7 heteroatoms. The van der Waals surface area contributed by atoms with Crippen molar-refractivity contribution >= 4 is 28.6 Å². The molecule has 0 fully saturated rings. The lowest BCUT2D eigenvalue weighted by molar-refractivity contribution is -0.118. The number of H-pyrrole nitrogens is 1. The summed E-state index contributed by atoms with van der Waals surface area (Å²) in [7, 11) is 0. The van der Waals surface area contributed by atoms with Gasteiger partial charge in [0.2, 0.25) is 5.91 Å². The molecule has 3 N–H and O–H groups in total. The summed E-state index contributed by atoms with van der Waals surface area (Å²) in [5.74, 6) is -1.08. The van der Waals surface area contributed by atoms with Gasteiger partial charge in [-0.2, -0.15) is 0 Å². The first-order valence-electron chi connectivity index (χ1n) is 8.62. The highest BCUT2D eigenvalue weighted by atomic mass is 19.1. The van der Waals surface area contributed by atoms with Gasteiger partial charge in [0.15, 0.2) is 0 Å². The predicted molar refractivity (Wildman–Crippen MR) is 101 cm³/mol. The lowest BCUT2D eigenvalue weighted by atomic mass is 10.0. The zero-order valence-electron chi connectivity index (χ0n) is 14.8. The third kappa shape index (κ3) is 4.44. The van der Waals surface area contributed by atoms with Crippen LogP contribution in [0.1, 0.15) is 12.5 Å². The minimum absolute atomic E-state index is 0.0529. The van der Waals surface area contributed by atoms with Crippen molar-refractivity contribution in [2.24, 2.45) is 0 Å². The van der Waals surface area contributed by atoms with Crippen molar-refractivity contribution in [1.29, 1.82) is 0 Å². The van der Waals surface area contributed by atoms with E-state index in [2.05, 4.69) is 15.6 Å². The summed E-state index contributed by atoms with van der Waals surface area (Å²) in [6, 6.07) is 12.6. The number of anilines is 1. The molecule has 0 saturated heterocycles. The summed E-state index contributed by atoms with van der Waals surface area (Å²) in [5, 5.41) is 6.03. The molecule has 140 valence electrons. The number of alkyl carbamates (subject to hydrolysis) is 1. The number of hydrogen-bond donors (Lipinski definition) is 3. The predicted octanol–water partition coefficient (Wildman–Crippen LogP) is 3.60. The number of carbonyl (C=O) groups excluding carboxylic acids is 2. The van der Waals surface area contributed by atoms with Gasteiger partial charge in [-0.15, -0.1) is 0 Å². The highest BCUT2D eigenvalue weighted by Crippen LogP contribution is 2.20. The molecule has 0 aliphatic heterocycles. The van der Waals surface area contributed by atoms with Gasteiger partial charge in [0.05, 0.1) is 12.3 Å². The second-order valence-electron chi connectivity index (χ2n) is 5.95. The van der Waals surface area contributed by atoms with E-state index in [1.54, 1.807) is 19.2 Å². The van der Waals surface area contributed by atoms with Gasteiger partial charge in [-0.25, -0.2) is 9.18 Å². The highest BCUT2D eigenvalue weighted by Gasteiger charge is 2.24. The van der Waals surface area contributed by atoms with Crippen molar-refractivity contribution in [2.75, 3.05) is 11.9 Å². The zero-order chi connectivity index (χ0) is 19.2. The van der Waals surface area contributed by atoms with Gasteiger partial charge in [0, 0.05) is 23.5 Å². The van der Waals surface area contributed by atoms with E-state index in [9.17, 15) is 14.0 Å². The second kappa shape index (κ2) is 8.35. The summed E-state index contributed by atoms with van der Waals surface area (Å²) in [4.78, 5) is 27.7. The third-order valence-corrected chi connectivity index (χ3v) is 4.11. The Labute approximate surface area is 155 Å². The third-order valence-electron chi connectivity index (χ3n) is 4.11. The zero-order valence-corrected chi connectivity index (χ0v) is 14.8. The van der Waals surface area contributed by atoms with Crippen LogP contribution in [0.2, 0.25) is 0 Å². The number of para-hydroxylation sites is 2. The Hall–Kier alpha value is -3.35. The number of aromatic amines is 1. The van der Waals surface area contributed by atoms with Gasteiger partial charge in [0.25, 0.3) is 0 Å². The van der Waals surface area contributed by atoms with Gasteiger partial charge >= 0.3 is 6.09 Å². The van der Waals surface area contributed by atoms with Crippen molar-refractivity contribution in [3.63, 3.8) is 0 Å². The Kier molecular flexibility index (Phi) is 5.71. The van der Waals surface area contributed by atoms with Crippen LogP contribution in [-0.4, -0.2) is 29.6 Å². The summed E-state index contributed by atoms with van der Waals surface area (Å²) in [6.45, 7) is 1.86. The molecule has 0 spiro atoms. The molecule has 0 aliphatic rings. The largest absolute Gasteiger partial charge is 0.450 e. The number of fused-ring (bicyclic) bond motifs is 1. The van der Waals surface area contributed by atoms with Crippen LogP contribution >= 0.6 is 0 Å². The van der Waals surface area contributed by atoms with Crippen LogP contribution in [0, 0.1) is 5.82 Å². The van der Waals surface area contributed by atoms with E-state index < -0.39 is 23.9 Å². The second-order valence-corrected chi connectivity index (χ2v) is 5.95. The molecule has 0 saturated carbocycles. The van der Waals surface area contributed by atoms with Crippen LogP contribution in [0.5, 0.6) is 0 Å². The fourth-order valence-electron chi connectivity index (χ4n) is 2.83. The van der Waals surface area contributed by atoms with Gasteiger partial charge < -0.3 is 20.4 Å². The van der Waals surface area contributed by atoms with Gasteiger partial charge in [0.1, 0.15) is 11.9 Å². The lowest BCUT2D eigenvalue weighted by Crippen LogP contribution is -2.45. The van der Waals surface area contributed by atoms with E-state index in [-0.39, 0.29) is 18.7 Å². The van der Waals surface area contributed by atoms with Crippen LogP contribution in [0.4, 0.5) is 14.9 Å². The molecule has 1 aromatic heterocycles. The monoisotopic (exact) mass is 369 g/mol. The first-order chi connectivity index (χ1) is 13.1. The van der Waals surface area contributed by atoms with Crippen molar-refractivity contribution < 1.29 is 18.7 Å². The Balaban J connectivity index is 1.82. The number of ether oxygens (including phenoxy) is 1. The van der Waals surface area contributed by atoms with Gasteiger partial charge in [-0.05, 0) is 30.7 Å². The quantitative estimate of drug-likeness (QED) is 0.621. The molecule has 3 rings (SSSR count). The fourth-order valence-corrected chi connectivity index (χ4v) is 2.83. The molecule has 1 heterocycles. The Morgan fingerprint density at radius 2 is 1.89 bits per heavy atom.